The zero-order valence-electron chi connectivity index (χ0n) is 10.4. The number of halogens is 1. The van der Waals surface area contributed by atoms with E-state index < -0.39 is 11.7 Å². The zero-order valence-corrected chi connectivity index (χ0v) is 11.2. The molecule has 0 saturated carbocycles. The topological polar surface area (TPSA) is 51.5 Å². The Morgan fingerprint density at radius 1 is 1.39 bits per heavy atom. The summed E-state index contributed by atoms with van der Waals surface area (Å²) in [7, 11) is 0. The smallest absolute Gasteiger partial charge is 0.421 e. The summed E-state index contributed by atoms with van der Waals surface area (Å²) in [5.74, 6) is -0.188. The molecule has 2 aromatic rings. The maximum atomic E-state index is 12.0. The first-order chi connectivity index (χ1) is 8.29. The van der Waals surface area contributed by atoms with E-state index in [4.69, 9.17) is 16.3 Å². The fourth-order valence-electron chi connectivity index (χ4n) is 1.68. The van der Waals surface area contributed by atoms with E-state index in [0.29, 0.717) is 15.9 Å². The summed E-state index contributed by atoms with van der Waals surface area (Å²) >= 11 is 6.00. The van der Waals surface area contributed by atoms with Gasteiger partial charge in [0.05, 0.1) is 10.5 Å². The number of nitrogens with zero attached hydrogens (tertiary/aromatic N) is 1. The molecule has 5 heteroatoms. The van der Waals surface area contributed by atoms with Crippen molar-refractivity contribution in [3.8, 4) is 5.88 Å². The van der Waals surface area contributed by atoms with Crippen LogP contribution in [0.15, 0.2) is 24.3 Å². The molecule has 0 spiro atoms. The number of fused-ring (bicyclic) bond motifs is 1. The Morgan fingerprint density at radius 3 is 2.67 bits per heavy atom. The van der Waals surface area contributed by atoms with Crippen LogP contribution in [-0.4, -0.2) is 21.4 Å². The third-order valence-electron chi connectivity index (χ3n) is 2.35. The first kappa shape index (κ1) is 12.8. The van der Waals surface area contributed by atoms with Crippen LogP contribution in [0.1, 0.15) is 20.8 Å². The van der Waals surface area contributed by atoms with Gasteiger partial charge in [0.15, 0.2) is 0 Å². The highest BCUT2D eigenvalue weighted by atomic mass is 35.5. The van der Waals surface area contributed by atoms with Crippen molar-refractivity contribution >= 4 is 28.6 Å². The van der Waals surface area contributed by atoms with Crippen LogP contribution in [-0.2, 0) is 4.74 Å². The molecule has 96 valence electrons. The van der Waals surface area contributed by atoms with E-state index in [1.54, 1.807) is 39.0 Å². The molecular weight excluding hydrogens is 254 g/mol. The van der Waals surface area contributed by atoms with Crippen LogP contribution < -0.4 is 0 Å². The number of hydrogen-bond acceptors (Lipinski definition) is 3. The minimum Gasteiger partial charge on any atom is -0.494 e. The van der Waals surface area contributed by atoms with Crippen LogP contribution in [0, 0.1) is 0 Å². The Balaban J connectivity index is 2.54. The molecule has 18 heavy (non-hydrogen) atoms. The second kappa shape index (κ2) is 4.21. The highest BCUT2D eigenvalue weighted by Crippen LogP contribution is 2.30. The van der Waals surface area contributed by atoms with Gasteiger partial charge in [-0.25, -0.2) is 9.36 Å². The van der Waals surface area contributed by atoms with Crippen molar-refractivity contribution in [3.05, 3.63) is 29.3 Å². The fourth-order valence-corrected chi connectivity index (χ4v) is 1.90. The molecule has 0 radical (unpaired) electrons. The quantitative estimate of drug-likeness (QED) is 0.790. The molecule has 1 aromatic heterocycles. The largest absolute Gasteiger partial charge is 0.494 e. The average molecular weight is 268 g/mol. The van der Waals surface area contributed by atoms with Gasteiger partial charge in [-0.1, -0.05) is 17.7 Å². The number of benzene rings is 1. The highest BCUT2D eigenvalue weighted by molar-refractivity contribution is 6.35. The number of aromatic nitrogens is 1. The standard InChI is InChI=1S/C13H14ClNO3/c1-13(2,3)18-12(17)15-10-6-4-5-9(14)8(10)7-11(15)16/h4-7,16H,1-3H3. The molecule has 0 bridgehead atoms. The van der Waals surface area contributed by atoms with Gasteiger partial charge in [0, 0.05) is 11.5 Å². The van der Waals surface area contributed by atoms with E-state index >= 15 is 0 Å². The molecule has 0 aliphatic rings. The molecule has 4 nitrogen and oxygen atoms in total. The van der Waals surface area contributed by atoms with E-state index in [9.17, 15) is 9.90 Å². The first-order valence-corrected chi connectivity index (χ1v) is 5.90. The summed E-state index contributed by atoms with van der Waals surface area (Å²) in [6, 6.07) is 6.56. The third-order valence-corrected chi connectivity index (χ3v) is 2.68. The molecule has 1 aromatic carbocycles. The summed E-state index contributed by atoms with van der Waals surface area (Å²) < 4.78 is 6.34. The van der Waals surface area contributed by atoms with Gasteiger partial charge < -0.3 is 9.84 Å². The summed E-state index contributed by atoms with van der Waals surface area (Å²) in [5, 5.41) is 10.9. The van der Waals surface area contributed by atoms with Crippen molar-refractivity contribution in [1.29, 1.82) is 0 Å². The lowest BCUT2D eigenvalue weighted by Crippen LogP contribution is -2.26. The Kier molecular flexibility index (Phi) is 2.99. The van der Waals surface area contributed by atoms with E-state index in [2.05, 4.69) is 0 Å². The van der Waals surface area contributed by atoms with Gasteiger partial charge in [-0.05, 0) is 32.9 Å². The predicted octanol–water partition coefficient (Wildman–Crippen LogP) is 3.78. The molecule has 1 heterocycles. The molecule has 0 unspecified atom stereocenters. The van der Waals surface area contributed by atoms with Crippen molar-refractivity contribution < 1.29 is 14.6 Å². The third kappa shape index (κ3) is 2.29. The number of carbonyl (C=O) groups excluding carboxylic acids is 1. The molecule has 0 aliphatic heterocycles. The maximum absolute atomic E-state index is 12.0. The van der Waals surface area contributed by atoms with Crippen LogP contribution in [0.4, 0.5) is 4.79 Å². The lowest BCUT2D eigenvalue weighted by atomic mass is 10.2. The van der Waals surface area contributed by atoms with Crippen molar-refractivity contribution in [2.24, 2.45) is 0 Å². The summed E-state index contributed by atoms with van der Waals surface area (Å²) in [6.45, 7) is 5.29. The second-order valence-electron chi connectivity index (χ2n) is 4.99. The van der Waals surface area contributed by atoms with Gasteiger partial charge in [-0.2, -0.15) is 0 Å². The minimum atomic E-state index is -0.628. The van der Waals surface area contributed by atoms with E-state index in [0.717, 1.165) is 4.57 Å². The van der Waals surface area contributed by atoms with E-state index in [-0.39, 0.29) is 5.88 Å². The van der Waals surface area contributed by atoms with Crippen molar-refractivity contribution in [2.45, 2.75) is 26.4 Å². The lowest BCUT2D eigenvalue weighted by molar-refractivity contribution is 0.0533. The number of carbonyl (C=O) groups is 1. The zero-order chi connectivity index (χ0) is 13.5. The molecule has 2 rings (SSSR count). The van der Waals surface area contributed by atoms with Crippen molar-refractivity contribution in [2.75, 3.05) is 0 Å². The van der Waals surface area contributed by atoms with Crippen molar-refractivity contribution in [1.82, 2.24) is 4.57 Å². The fraction of sp³-hybridized carbons (Fsp3) is 0.308. The number of hydrogen-bond donors (Lipinski definition) is 1. The summed E-state index contributed by atoms with van der Waals surface area (Å²) in [6.07, 6.45) is -0.628. The van der Waals surface area contributed by atoms with Crippen LogP contribution in [0.3, 0.4) is 0 Å². The molecule has 0 fully saturated rings. The number of ether oxygens (including phenoxy) is 1. The number of rotatable bonds is 0. The van der Waals surface area contributed by atoms with Crippen LogP contribution in [0.5, 0.6) is 5.88 Å². The highest BCUT2D eigenvalue weighted by Gasteiger charge is 2.22. The monoisotopic (exact) mass is 267 g/mol. The lowest BCUT2D eigenvalue weighted by Gasteiger charge is -2.20. The van der Waals surface area contributed by atoms with Gasteiger partial charge in [0.2, 0.25) is 5.88 Å². The van der Waals surface area contributed by atoms with Gasteiger partial charge in [-0.15, -0.1) is 0 Å². The Hall–Kier alpha value is -1.68. The van der Waals surface area contributed by atoms with E-state index in [1.165, 1.54) is 6.07 Å². The second-order valence-corrected chi connectivity index (χ2v) is 5.40. The summed E-state index contributed by atoms with van der Waals surface area (Å²) in [5.41, 5.74) is -0.104. The molecule has 0 atom stereocenters. The van der Waals surface area contributed by atoms with E-state index in [1.807, 2.05) is 0 Å². The minimum absolute atomic E-state index is 0.188. The SMILES string of the molecule is CC(C)(C)OC(=O)n1c(O)cc2c(Cl)cccc21. The predicted molar refractivity (Wildman–Crippen MR) is 70.2 cm³/mol. The van der Waals surface area contributed by atoms with Crippen LogP contribution in [0.25, 0.3) is 10.9 Å². The average Bonchev–Trinajstić information content (AvgIpc) is 2.53. The Labute approximate surface area is 110 Å². The molecule has 0 aliphatic carbocycles. The molecule has 0 amide bonds. The maximum Gasteiger partial charge on any atom is 0.421 e. The van der Waals surface area contributed by atoms with Gasteiger partial charge in [0.25, 0.3) is 0 Å². The number of aromatic hydroxyl groups is 1. The first-order valence-electron chi connectivity index (χ1n) is 5.52. The van der Waals surface area contributed by atoms with Crippen LogP contribution >= 0.6 is 11.6 Å². The van der Waals surface area contributed by atoms with Crippen molar-refractivity contribution in [3.63, 3.8) is 0 Å². The van der Waals surface area contributed by atoms with Gasteiger partial charge in [-0.3, -0.25) is 0 Å². The van der Waals surface area contributed by atoms with Crippen LogP contribution in [0.2, 0.25) is 5.02 Å². The molecule has 0 saturated heterocycles. The molecular formula is C13H14ClNO3. The Morgan fingerprint density at radius 2 is 2.06 bits per heavy atom. The normalized spacial score (nSPS) is 11.8. The summed E-state index contributed by atoms with van der Waals surface area (Å²) in [4.78, 5) is 12.0. The van der Waals surface area contributed by atoms with Gasteiger partial charge in [0.1, 0.15) is 5.60 Å². The van der Waals surface area contributed by atoms with Gasteiger partial charge >= 0.3 is 6.09 Å². The molecule has 1 N–H and O–H groups in total. The Bertz CT molecular complexity index is 610.